The van der Waals surface area contributed by atoms with Gasteiger partial charge < -0.3 is 25.4 Å². The number of halogens is 3. The molecule has 0 spiro atoms. The van der Waals surface area contributed by atoms with Gasteiger partial charge in [-0.1, -0.05) is 0 Å². The van der Waals surface area contributed by atoms with E-state index in [2.05, 4.69) is 15.6 Å². The molecule has 10 heteroatoms. The first-order chi connectivity index (χ1) is 14.7. The average molecular weight is 434 g/mol. The number of alkyl halides is 3. The number of allylic oxidation sites excluding steroid dienone is 2. The molecule has 1 fully saturated rings. The Morgan fingerprint density at radius 1 is 1.23 bits per heavy atom. The van der Waals surface area contributed by atoms with E-state index in [4.69, 9.17) is 4.74 Å². The fourth-order valence-corrected chi connectivity index (χ4v) is 3.64. The summed E-state index contributed by atoms with van der Waals surface area (Å²) in [5, 5.41) is 15.9. The van der Waals surface area contributed by atoms with Crippen molar-refractivity contribution >= 4 is 17.6 Å². The lowest BCUT2D eigenvalue weighted by Gasteiger charge is -2.36. The minimum Gasteiger partial charge on any atom is -0.509 e. The number of amides is 1. The number of ether oxygens (including phenoxy) is 1. The average Bonchev–Trinajstić information content (AvgIpc) is 2.74. The topological polar surface area (TPSA) is 86.2 Å². The SMILES string of the molecule is CC12N=C(Nc3ccc(C(=O)N4CCOCC4)cc3)NC=C1C(C(F)(F)F)=CC=C2O. The summed E-state index contributed by atoms with van der Waals surface area (Å²) in [5.74, 6) is -0.215. The van der Waals surface area contributed by atoms with Crippen molar-refractivity contribution in [1.82, 2.24) is 10.2 Å². The van der Waals surface area contributed by atoms with Gasteiger partial charge in [0, 0.05) is 36.1 Å². The third-order valence-electron chi connectivity index (χ3n) is 5.41. The number of hydrogen-bond donors (Lipinski definition) is 3. The number of fused-ring (bicyclic) bond motifs is 1. The molecule has 1 aromatic rings. The molecule has 0 saturated carbocycles. The van der Waals surface area contributed by atoms with Crippen LogP contribution in [-0.4, -0.2) is 59.9 Å². The maximum atomic E-state index is 13.3. The van der Waals surface area contributed by atoms with Crippen molar-refractivity contribution in [3.05, 3.63) is 65.1 Å². The molecule has 1 amide bonds. The number of carbonyl (C=O) groups excluding carboxylic acids is 1. The molecule has 3 aliphatic rings. The molecule has 2 heterocycles. The molecule has 2 aliphatic heterocycles. The molecule has 7 nitrogen and oxygen atoms in total. The van der Waals surface area contributed by atoms with Gasteiger partial charge in [0.2, 0.25) is 5.96 Å². The number of nitrogens with zero attached hydrogens (tertiary/aromatic N) is 2. The van der Waals surface area contributed by atoms with Gasteiger partial charge >= 0.3 is 6.18 Å². The Labute approximate surface area is 176 Å². The van der Waals surface area contributed by atoms with Crippen LogP contribution in [0.25, 0.3) is 0 Å². The summed E-state index contributed by atoms with van der Waals surface area (Å²) in [7, 11) is 0. The van der Waals surface area contributed by atoms with Gasteiger partial charge in [0.1, 0.15) is 11.3 Å². The van der Waals surface area contributed by atoms with E-state index in [-0.39, 0.29) is 23.2 Å². The number of anilines is 1. The summed E-state index contributed by atoms with van der Waals surface area (Å²) in [6.45, 7) is 3.52. The smallest absolute Gasteiger partial charge is 0.416 e. The first-order valence-corrected chi connectivity index (χ1v) is 9.68. The van der Waals surface area contributed by atoms with Crippen LogP contribution >= 0.6 is 0 Å². The summed E-state index contributed by atoms with van der Waals surface area (Å²) < 4.78 is 45.3. The zero-order chi connectivity index (χ0) is 22.2. The maximum absolute atomic E-state index is 13.3. The second-order valence-corrected chi connectivity index (χ2v) is 7.47. The summed E-state index contributed by atoms with van der Waals surface area (Å²) in [6, 6.07) is 6.68. The van der Waals surface area contributed by atoms with Gasteiger partial charge in [-0.05, 0) is 43.3 Å². The summed E-state index contributed by atoms with van der Waals surface area (Å²) in [6.07, 6.45) is -1.54. The van der Waals surface area contributed by atoms with E-state index in [1.54, 1.807) is 29.2 Å². The summed E-state index contributed by atoms with van der Waals surface area (Å²) in [4.78, 5) is 18.5. The molecule has 3 N–H and O–H groups in total. The number of aliphatic imine (C=N–C) groups is 1. The quantitative estimate of drug-likeness (QED) is 0.666. The molecule has 0 aromatic heterocycles. The van der Waals surface area contributed by atoms with Crippen molar-refractivity contribution in [2.45, 2.75) is 18.6 Å². The number of carbonyl (C=O) groups is 1. The Kier molecular flexibility index (Phi) is 5.26. The highest BCUT2D eigenvalue weighted by Gasteiger charge is 2.48. The number of hydrogen-bond acceptors (Lipinski definition) is 6. The third kappa shape index (κ3) is 4.02. The zero-order valence-electron chi connectivity index (χ0n) is 16.7. The summed E-state index contributed by atoms with van der Waals surface area (Å²) >= 11 is 0. The predicted molar refractivity (Wildman–Crippen MR) is 109 cm³/mol. The highest BCUT2D eigenvalue weighted by atomic mass is 19.4. The second-order valence-electron chi connectivity index (χ2n) is 7.47. The third-order valence-corrected chi connectivity index (χ3v) is 5.41. The predicted octanol–water partition coefficient (Wildman–Crippen LogP) is 3.12. The first kappa shape index (κ1) is 21.0. The van der Waals surface area contributed by atoms with E-state index in [1.807, 2.05) is 0 Å². The fourth-order valence-electron chi connectivity index (χ4n) is 3.64. The van der Waals surface area contributed by atoms with E-state index in [0.717, 1.165) is 12.2 Å². The lowest BCUT2D eigenvalue weighted by atomic mass is 9.81. The Morgan fingerprint density at radius 3 is 2.55 bits per heavy atom. The van der Waals surface area contributed by atoms with Crippen LogP contribution < -0.4 is 10.6 Å². The number of rotatable bonds is 2. The molecular weight excluding hydrogens is 413 g/mol. The number of guanidine groups is 1. The largest absolute Gasteiger partial charge is 0.509 e. The van der Waals surface area contributed by atoms with Gasteiger partial charge in [-0.3, -0.25) is 4.79 Å². The van der Waals surface area contributed by atoms with Gasteiger partial charge in [-0.15, -0.1) is 0 Å². The minimum atomic E-state index is -4.57. The standard InChI is InChI=1S/C21H21F3N4O3/c1-20-16(15(21(22,23)24)6-7-17(20)29)12-25-19(27-20)26-14-4-2-13(3-5-14)18(30)28-8-10-31-11-9-28/h2-7,12,29H,8-11H2,1H3,(H2,25,26,27). The van der Waals surface area contributed by atoms with Crippen LogP contribution in [0.1, 0.15) is 17.3 Å². The lowest BCUT2D eigenvalue weighted by Crippen LogP contribution is -2.43. The monoisotopic (exact) mass is 434 g/mol. The molecule has 1 saturated heterocycles. The maximum Gasteiger partial charge on any atom is 0.416 e. The minimum absolute atomic E-state index is 0.0909. The van der Waals surface area contributed by atoms with Gasteiger partial charge in [0.25, 0.3) is 5.91 Å². The molecular formula is C21H21F3N4O3. The van der Waals surface area contributed by atoms with Crippen molar-refractivity contribution in [3.63, 3.8) is 0 Å². The fraction of sp³-hybridized carbons (Fsp3) is 0.333. The van der Waals surface area contributed by atoms with E-state index >= 15 is 0 Å². The van der Waals surface area contributed by atoms with E-state index in [0.29, 0.717) is 37.6 Å². The Balaban J connectivity index is 1.50. The van der Waals surface area contributed by atoms with Crippen LogP contribution in [0.5, 0.6) is 0 Å². The van der Waals surface area contributed by atoms with Crippen LogP contribution in [-0.2, 0) is 4.74 Å². The van der Waals surface area contributed by atoms with Crippen LogP contribution in [0.15, 0.2) is 64.5 Å². The van der Waals surface area contributed by atoms with Crippen molar-refractivity contribution in [2.75, 3.05) is 31.6 Å². The molecule has 0 radical (unpaired) electrons. The van der Waals surface area contributed by atoms with Gasteiger partial charge in [0.05, 0.1) is 18.8 Å². The first-order valence-electron chi connectivity index (χ1n) is 9.68. The second kappa shape index (κ2) is 7.77. The van der Waals surface area contributed by atoms with Crippen LogP contribution in [0, 0.1) is 0 Å². The number of nitrogens with one attached hydrogen (secondary N) is 2. The van der Waals surface area contributed by atoms with Crippen molar-refractivity contribution in [3.8, 4) is 0 Å². The van der Waals surface area contributed by atoms with Gasteiger partial charge in [-0.2, -0.15) is 13.2 Å². The van der Waals surface area contributed by atoms with E-state index < -0.39 is 17.3 Å². The van der Waals surface area contributed by atoms with Crippen molar-refractivity contribution in [1.29, 1.82) is 0 Å². The van der Waals surface area contributed by atoms with Gasteiger partial charge in [-0.25, -0.2) is 4.99 Å². The number of morpholine rings is 1. The molecule has 31 heavy (non-hydrogen) atoms. The van der Waals surface area contributed by atoms with Crippen molar-refractivity contribution in [2.24, 2.45) is 4.99 Å². The van der Waals surface area contributed by atoms with Crippen LogP contribution in [0.3, 0.4) is 0 Å². The molecule has 1 unspecified atom stereocenters. The Morgan fingerprint density at radius 2 is 1.90 bits per heavy atom. The number of aliphatic hydroxyl groups is 1. The van der Waals surface area contributed by atoms with Gasteiger partial charge in [0.15, 0.2) is 0 Å². The molecule has 1 aliphatic carbocycles. The Bertz CT molecular complexity index is 1010. The van der Waals surface area contributed by atoms with Crippen molar-refractivity contribution < 1.29 is 27.8 Å². The molecule has 1 aromatic carbocycles. The zero-order valence-corrected chi connectivity index (χ0v) is 16.7. The molecule has 1 atom stereocenters. The normalized spacial score (nSPS) is 23.5. The van der Waals surface area contributed by atoms with Crippen LogP contribution in [0.4, 0.5) is 18.9 Å². The van der Waals surface area contributed by atoms with E-state index in [1.165, 1.54) is 13.1 Å². The van der Waals surface area contributed by atoms with Crippen LogP contribution in [0.2, 0.25) is 0 Å². The lowest BCUT2D eigenvalue weighted by molar-refractivity contribution is -0.0905. The number of aliphatic hydroxyl groups excluding tert-OH is 1. The number of benzene rings is 1. The van der Waals surface area contributed by atoms with E-state index in [9.17, 15) is 23.1 Å². The highest BCUT2D eigenvalue weighted by molar-refractivity contribution is 5.98. The highest BCUT2D eigenvalue weighted by Crippen LogP contribution is 2.44. The molecule has 0 bridgehead atoms. The Hall–Kier alpha value is -3.27. The molecule has 164 valence electrons. The molecule has 4 rings (SSSR count). The summed E-state index contributed by atoms with van der Waals surface area (Å²) in [5.41, 5.74) is -1.51.